The summed E-state index contributed by atoms with van der Waals surface area (Å²) in [5.41, 5.74) is 5.77. The van der Waals surface area contributed by atoms with Gasteiger partial charge >= 0.3 is 0 Å². The fraction of sp³-hybridized carbons (Fsp3) is 0.607. The maximum Gasteiger partial charge on any atom is 0.134 e. The first-order valence-electron chi connectivity index (χ1n) is 12.8. The third-order valence-corrected chi connectivity index (χ3v) is 8.07. The predicted molar refractivity (Wildman–Crippen MR) is 142 cm³/mol. The van der Waals surface area contributed by atoms with Crippen LogP contribution in [-0.4, -0.2) is 30.3 Å². The highest BCUT2D eigenvalue weighted by molar-refractivity contribution is 7.08. The van der Waals surface area contributed by atoms with Gasteiger partial charge in [0.15, 0.2) is 0 Å². The number of piperidine rings is 1. The van der Waals surface area contributed by atoms with Gasteiger partial charge < -0.3 is 4.90 Å². The summed E-state index contributed by atoms with van der Waals surface area (Å²) in [5, 5.41) is 8.91. The average molecular weight is 472 g/mol. The van der Waals surface area contributed by atoms with Crippen LogP contribution in [0.25, 0.3) is 5.57 Å². The molecular weight excluding hydrogens is 430 g/mol. The molecule has 0 N–H and O–H groups in total. The van der Waals surface area contributed by atoms with Crippen molar-refractivity contribution in [1.29, 1.82) is 0 Å². The van der Waals surface area contributed by atoms with Crippen molar-refractivity contribution in [3.8, 4) is 0 Å². The van der Waals surface area contributed by atoms with Gasteiger partial charge in [-0.1, -0.05) is 63.9 Å². The number of ketones is 1. The summed E-state index contributed by atoms with van der Waals surface area (Å²) in [6, 6.07) is 4.50. The highest BCUT2D eigenvalue weighted by Gasteiger charge is 2.20. The second-order valence-electron chi connectivity index (χ2n) is 9.21. The van der Waals surface area contributed by atoms with Gasteiger partial charge in [0.1, 0.15) is 5.78 Å². The molecule has 4 heteroatoms. The summed E-state index contributed by atoms with van der Waals surface area (Å²) in [6.45, 7) is 5.37. The van der Waals surface area contributed by atoms with Crippen molar-refractivity contribution < 1.29 is 4.79 Å². The van der Waals surface area contributed by atoms with E-state index in [1.807, 2.05) is 0 Å². The average Bonchev–Trinajstić information content (AvgIpc) is 3.53. The summed E-state index contributed by atoms with van der Waals surface area (Å²) in [4.78, 5) is 14.8. The Kier molecular flexibility index (Phi) is 11.8. The topological polar surface area (TPSA) is 20.3 Å². The number of thiophene rings is 2. The Morgan fingerprint density at radius 1 is 0.812 bits per heavy atom. The minimum atomic E-state index is 0.464. The van der Waals surface area contributed by atoms with E-state index in [9.17, 15) is 4.79 Å². The molecular formula is C28H41NOS2. The van der Waals surface area contributed by atoms with Crippen molar-refractivity contribution in [2.45, 2.75) is 90.4 Å². The highest BCUT2D eigenvalue weighted by atomic mass is 32.1. The van der Waals surface area contributed by atoms with Gasteiger partial charge in [-0.05, 0) is 69.6 Å². The van der Waals surface area contributed by atoms with Gasteiger partial charge in [-0.25, -0.2) is 0 Å². The number of carbonyl (C=O) groups excluding carboxylic acids is 1. The van der Waals surface area contributed by atoms with Crippen LogP contribution >= 0.6 is 22.7 Å². The lowest BCUT2D eigenvalue weighted by atomic mass is 9.91. The van der Waals surface area contributed by atoms with Crippen LogP contribution in [0.1, 0.15) is 102 Å². The number of Topliss-reactive ketones (excluding diaryl/α,β-unsaturated/α-hetero) is 1. The first-order valence-corrected chi connectivity index (χ1v) is 14.7. The Bertz CT molecular complexity index is 745. The molecule has 2 aromatic heterocycles. The number of carbonyl (C=O) groups is 1. The molecule has 1 aliphatic rings. The van der Waals surface area contributed by atoms with E-state index >= 15 is 0 Å². The number of unbranched alkanes of at least 4 members (excludes halogenated alkanes) is 8. The molecule has 2 aromatic rings. The van der Waals surface area contributed by atoms with Crippen LogP contribution in [0, 0.1) is 0 Å². The summed E-state index contributed by atoms with van der Waals surface area (Å²) in [7, 11) is 0. The van der Waals surface area contributed by atoms with E-state index in [-0.39, 0.29) is 0 Å². The molecule has 0 aliphatic carbocycles. The molecule has 0 unspecified atom stereocenters. The molecule has 0 radical (unpaired) electrons. The molecule has 3 heterocycles. The molecule has 0 amide bonds. The number of hydrogen-bond acceptors (Lipinski definition) is 4. The monoisotopic (exact) mass is 471 g/mol. The van der Waals surface area contributed by atoms with Gasteiger partial charge in [0.2, 0.25) is 0 Å². The van der Waals surface area contributed by atoms with E-state index in [4.69, 9.17) is 0 Å². The SMILES string of the molecule is CCCCCCCCCCCC(=O)CCN1CCC(=C(c2ccsc2)c2ccsc2)CC1. The van der Waals surface area contributed by atoms with E-state index in [2.05, 4.69) is 45.5 Å². The molecule has 2 nitrogen and oxygen atoms in total. The zero-order valence-corrected chi connectivity index (χ0v) is 21.6. The van der Waals surface area contributed by atoms with Gasteiger partial charge in [0.25, 0.3) is 0 Å². The van der Waals surface area contributed by atoms with Crippen molar-refractivity contribution in [2.24, 2.45) is 0 Å². The van der Waals surface area contributed by atoms with E-state index in [0.29, 0.717) is 5.78 Å². The predicted octanol–water partition coefficient (Wildman–Crippen LogP) is 8.59. The Labute approximate surface area is 203 Å². The standard InChI is InChI=1S/C28H41NOS2/c1-2-3-4-5-6-7-8-9-10-11-27(30)14-19-29-17-12-24(13-18-29)28(25-15-20-31-22-25)26-16-21-32-23-26/h15-16,20-23H,2-14,17-19H2,1H3. The van der Waals surface area contributed by atoms with Crippen LogP contribution in [0.5, 0.6) is 0 Å². The largest absolute Gasteiger partial charge is 0.302 e. The molecule has 1 fully saturated rings. The zero-order chi connectivity index (χ0) is 22.4. The Morgan fingerprint density at radius 2 is 1.38 bits per heavy atom. The summed E-state index contributed by atoms with van der Waals surface area (Å²) >= 11 is 3.55. The molecule has 176 valence electrons. The third-order valence-electron chi connectivity index (χ3n) is 6.70. The number of nitrogens with zero attached hydrogens (tertiary/aromatic N) is 1. The van der Waals surface area contributed by atoms with Crippen LogP contribution in [0.4, 0.5) is 0 Å². The third kappa shape index (κ3) is 8.61. The molecule has 0 spiro atoms. The zero-order valence-electron chi connectivity index (χ0n) is 19.9. The summed E-state index contributed by atoms with van der Waals surface area (Å²) in [5.74, 6) is 0.464. The molecule has 0 saturated carbocycles. The van der Waals surface area contributed by atoms with Crippen LogP contribution in [0.2, 0.25) is 0 Å². The molecule has 3 rings (SSSR count). The van der Waals surface area contributed by atoms with Crippen LogP contribution < -0.4 is 0 Å². The fourth-order valence-corrected chi connectivity index (χ4v) is 6.02. The first kappa shape index (κ1) is 25.4. The molecule has 1 aliphatic heterocycles. The number of rotatable bonds is 15. The van der Waals surface area contributed by atoms with Crippen molar-refractivity contribution >= 4 is 34.0 Å². The Morgan fingerprint density at radius 3 is 1.91 bits per heavy atom. The van der Waals surface area contributed by atoms with E-state index < -0.39 is 0 Å². The lowest BCUT2D eigenvalue weighted by Crippen LogP contribution is -2.33. The Balaban J connectivity index is 1.32. The van der Waals surface area contributed by atoms with Crippen LogP contribution in [0.3, 0.4) is 0 Å². The highest BCUT2D eigenvalue weighted by Crippen LogP contribution is 2.34. The van der Waals surface area contributed by atoms with E-state index in [0.717, 1.165) is 51.7 Å². The number of hydrogen-bond donors (Lipinski definition) is 0. The van der Waals surface area contributed by atoms with Crippen molar-refractivity contribution in [3.63, 3.8) is 0 Å². The molecule has 0 bridgehead atoms. The second kappa shape index (κ2) is 14.8. The molecule has 1 saturated heterocycles. The maximum absolute atomic E-state index is 12.3. The summed E-state index contributed by atoms with van der Waals surface area (Å²) < 4.78 is 0. The first-order chi connectivity index (χ1) is 15.8. The molecule has 0 atom stereocenters. The van der Waals surface area contributed by atoms with Gasteiger partial charge in [-0.3, -0.25) is 4.79 Å². The number of likely N-dealkylation sites (tertiary alicyclic amines) is 1. The van der Waals surface area contributed by atoms with Crippen molar-refractivity contribution in [3.05, 3.63) is 50.4 Å². The van der Waals surface area contributed by atoms with Gasteiger partial charge in [0.05, 0.1) is 0 Å². The lowest BCUT2D eigenvalue weighted by Gasteiger charge is -2.29. The quantitative estimate of drug-likeness (QED) is 0.242. The molecule has 0 aromatic carbocycles. The van der Waals surface area contributed by atoms with Gasteiger partial charge in [0, 0.05) is 32.5 Å². The maximum atomic E-state index is 12.3. The summed E-state index contributed by atoms with van der Waals surface area (Å²) in [6.07, 6.45) is 15.6. The van der Waals surface area contributed by atoms with Crippen LogP contribution in [0.15, 0.2) is 39.2 Å². The van der Waals surface area contributed by atoms with Crippen molar-refractivity contribution in [1.82, 2.24) is 4.90 Å². The second-order valence-corrected chi connectivity index (χ2v) is 10.8. The fourth-order valence-electron chi connectivity index (χ4n) is 4.73. The van der Waals surface area contributed by atoms with Crippen molar-refractivity contribution in [2.75, 3.05) is 19.6 Å². The normalized spacial score (nSPS) is 14.7. The molecule has 32 heavy (non-hydrogen) atoms. The van der Waals surface area contributed by atoms with E-state index in [1.165, 1.54) is 68.1 Å². The Hall–Kier alpha value is -1.23. The minimum absolute atomic E-state index is 0.464. The smallest absolute Gasteiger partial charge is 0.134 e. The van der Waals surface area contributed by atoms with Gasteiger partial charge in [-0.15, -0.1) is 0 Å². The lowest BCUT2D eigenvalue weighted by molar-refractivity contribution is -0.119. The van der Waals surface area contributed by atoms with Crippen LogP contribution in [-0.2, 0) is 4.79 Å². The van der Waals surface area contributed by atoms with Gasteiger partial charge in [-0.2, -0.15) is 22.7 Å². The van der Waals surface area contributed by atoms with E-state index in [1.54, 1.807) is 28.2 Å². The minimum Gasteiger partial charge on any atom is -0.302 e.